The molecule has 1 rings (SSSR count). The topological polar surface area (TPSA) is 208 Å². The molecular weight excluding hydrogens is 504 g/mol. The number of aliphatic carboxylic acids is 3. The Morgan fingerprint density at radius 3 is 2.03 bits per heavy atom. The molecule has 0 bridgehead atoms. The highest BCUT2D eigenvalue weighted by Crippen LogP contribution is 2.10. The van der Waals surface area contributed by atoms with Crippen LogP contribution in [-0.4, -0.2) is 70.1 Å². The Balaban J connectivity index is 2.00. The summed E-state index contributed by atoms with van der Waals surface area (Å²) < 4.78 is 0. The molecule has 0 aliphatic carbocycles. The molecule has 1 aromatic rings. The maximum atomic E-state index is 11.4. The van der Waals surface area contributed by atoms with Gasteiger partial charge in [-0.15, -0.1) is 0 Å². The lowest BCUT2D eigenvalue weighted by Crippen LogP contribution is -2.46. The van der Waals surface area contributed by atoms with E-state index >= 15 is 0 Å². The first kappa shape index (κ1) is 33.2. The monoisotopic (exact) mass is 544 g/mol. The van der Waals surface area contributed by atoms with Crippen molar-refractivity contribution in [3.05, 3.63) is 29.8 Å². The van der Waals surface area contributed by atoms with Gasteiger partial charge in [0.1, 0.15) is 17.8 Å². The van der Waals surface area contributed by atoms with Gasteiger partial charge in [0.25, 0.3) is 0 Å². The largest absolute Gasteiger partial charge is 0.508 e. The van der Waals surface area contributed by atoms with Crippen molar-refractivity contribution in [2.75, 3.05) is 19.7 Å². The minimum Gasteiger partial charge on any atom is -0.508 e. The molecule has 0 aromatic heterocycles. The zero-order valence-corrected chi connectivity index (χ0v) is 21.6. The quantitative estimate of drug-likeness (QED) is 0.0682. The highest BCUT2D eigenvalue weighted by Gasteiger charge is 2.25. The number of unbranched alkanes of at least 4 members (excludes halogenated alkanes) is 3. The van der Waals surface area contributed by atoms with Crippen molar-refractivity contribution in [1.29, 1.82) is 0 Å². The van der Waals surface area contributed by atoms with Crippen LogP contribution >= 0.6 is 0 Å². The number of phenols is 1. The summed E-state index contributed by atoms with van der Waals surface area (Å²) in [5.74, 6) is -4.32. The van der Waals surface area contributed by atoms with Gasteiger partial charge in [0.2, 0.25) is 0 Å². The lowest BCUT2D eigenvalue weighted by Gasteiger charge is -2.19. The Kier molecular flexibility index (Phi) is 17.6. The van der Waals surface area contributed by atoms with Crippen molar-refractivity contribution in [1.82, 2.24) is 21.9 Å². The number of benzene rings is 1. The lowest BCUT2D eigenvalue weighted by atomic mass is 10.0. The molecule has 0 heterocycles. The second-order valence-electron chi connectivity index (χ2n) is 8.74. The molecule has 0 amide bonds. The number of carbonyl (C=O) groups is 3. The highest BCUT2D eigenvalue weighted by molar-refractivity contribution is 5.75. The third-order valence-electron chi connectivity index (χ3n) is 5.44. The van der Waals surface area contributed by atoms with Crippen LogP contribution in [0.25, 0.3) is 0 Å². The van der Waals surface area contributed by atoms with E-state index in [0.29, 0.717) is 39.1 Å². The van der Waals surface area contributed by atoms with E-state index in [0.717, 1.165) is 24.8 Å². The third-order valence-corrected chi connectivity index (χ3v) is 5.44. The Morgan fingerprint density at radius 2 is 1.39 bits per heavy atom. The molecule has 3 atom stereocenters. The second-order valence-corrected chi connectivity index (χ2v) is 8.74. The molecule has 1 aromatic carbocycles. The number of hydrogen-bond donors (Lipinski definition) is 8. The Bertz CT molecular complexity index is 812. The van der Waals surface area contributed by atoms with Crippen molar-refractivity contribution < 1.29 is 49.4 Å². The number of nitrogens with one attached hydrogen (secondary N) is 4. The van der Waals surface area contributed by atoms with E-state index in [2.05, 4.69) is 21.9 Å². The van der Waals surface area contributed by atoms with Gasteiger partial charge in [-0.1, -0.05) is 19.1 Å². The van der Waals surface area contributed by atoms with Crippen LogP contribution < -0.4 is 21.9 Å². The van der Waals surface area contributed by atoms with E-state index < -0.39 is 35.9 Å². The summed E-state index contributed by atoms with van der Waals surface area (Å²) in [4.78, 5) is 49.0. The van der Waals surface area contributed by atoms with E-state index in [4.69, 9.17) is 24.8 Å². The molecule has 0 aliphatic rings. The maximum absolute atomic E-state index is 11.4. The van der Waals surface area contributed by atoms with Crippen LogP contribution in [0.15, 0.2) is 24.3 Å². The van der Waals surface area contributed by atoms with Crippen molar-refractivity contribution >= 4 is 17.9 Å². The van der Waals surface area contributed by atoms with Gasteiger partial charge in [0, 0.05) is 13.1 Å². The van der Waals surface area contributed by atoms with Crippen molar-refractivity contribution in [2.24, 2.45) is 5.92 Å². The second kappa shape index (κ2) is 20.2. The van der Waals surface area contributed by atoms with Crippen LogP contribution in [0.5, 0.6) is 5.75 Å². The van der Waals surface area contributed by atoms with E-state index in [1.807, 2.05) is 0 Å². The smallest absolute Gasteiger partial charge is 0.323 e. The predicted molar refractivity (Wildman–Crippen MR) is 134 cm³/mol. The Morgan fingerprint density at radius 1 is 0.789 bits per heavy atom. The molecule has 0 saturated carbocycles. The molecule has 14 heteroatoms. The summed E-state index contributed by atoms with van der Waals surface area (Å²) >= 11 is 0. The van der Waals surface area contributed by atoms with Gasteiger partial charge in [-0.25, -0.2) is 15.9 Å². The van der Waals surface area contributed by atoms with Crippen LogP contribution in [0, 0.1) is 5.92 Å². The summed E-state index contributed by atoms with van der Waals surface area (Å²) in [5.41, 5.74) is 11.1. The molecule has 0 radical (unpaired) electrons. The fraction of sp³-hybridized carbons (Fsp3) is 0.625. The average Bonchev–Trinajstić information content (AvgIpc) is 2.87. The standard InChI is InChI=1S/C24H40N4O10/c1-17(22(30)31)15-21(24(34)35)28-38-27-20(23(32)33)7-3-5-13-25-36-14-6-2-4-12-26-37-16-18-8-10-19(29)11-9-18/h8-11,17,20-21,25-29H,2-7,12-16H2,1H3,(H,30,31)(H,32,33)(H,34,35). The molecule has 0 fully saturated rings. The number of hydrogen-bond acceptors (Lipinski definition) is 11. The average molecular weight is 545 g/mol. The van der Waals surface area contributed by atoms with E-state index in [-0.39, 0.29) is 18.6 Å². The van der Waals surface area contributed by atoms with Gasteiger partial charge >= 0.3 is 17.9 Å². The summed E-state index contributed by atoms with van der Waals surface area (Å²) in [7, 11) is 0. The number of phenolic OH excluding ortho intramolecular Hbond substituents is 1. The molecule has 3 unspecified atom stereocenters. The summed E-state index contributed by atoms with van der Waals surface area (Å²) in [6.07, 6.45) is 3.92. The number of carboxylic acids is 3. The van der Waals surface area contributed by atoms with Gasteiger partial charge < -0.3 is 25.3 Å². The number of aromatic hydroxyl groups is 1. The van der Waals surface area contributed by atoms with Gasteiger partial charge in [0.05, 0.1) is 19.1 Å². The predicted octanol–water partition coefficient (Wildman–Crippen LogP) is 1.32. The van der Waals surface area contributed by atoms with Crippen LogP contribution in [0.2, 0.25) is 0 Å². The van der Waals surface area contributed by atoms with Crippen molar-refractivity contribution in [3.63, 3.8) is 0 Å². The fourth-order valence-electron chi connectivity index (χ4n) is 3.10. The van der Waals surface area contributed by atoms with Crippen LogP contribution in [0.3, 0.4) is 0 Å². The number of rotatable bonds is 24. The highest BCUT2D eigenvalue weighted by atomic mass is 16.8. The van der Waals surface area contributed by atoms with Gasteiger partial charge in [-0.3, -0.25) is 19.2 Å². The molecule has 0 spiro atoms. The molecule has 38 heavy (non-hydrogen) atoms. The molecular formula is C24H40N4O10. The normalized spacial score (nSPS) is 13.6. The molecule has 0 saturated heterocycles. The van der Waals surface area contributed by atoms with Crippen LogP contribution in [-0.2, 0) is 35.6 Å². The number of hydroxylamine groups is 4. The Labute approximate surface area is 221 Å². The molecule has 14 nitrogen and oxygen atoms in total. The maximum Gasteiger partial charge on any atom is 0.323 e. The summed E-state index contributed by atoms with van der Waals surface area (Å²) in [6, 6.07) is 4.42. The van der Waals surface area contributed by atoms with Gasteiger partial charge in [0.15, 0.2) is 0 Å². The molecule has 0 aliphatic heterocycles. The fourth-order valence-corrected chi connectivity index (χ4v) is 3.10. The third kappa shape index (κ3) is 16.1. The molecule has 216 valence electrons. The SMILES string of the molecule is CC(CC(NONC(CCCCNOCCCCCNOCc1ccc(O)cc1)C(=O)O)C(=O)O)C(=O)O. The number of carboxylic acid groups (broad SMARTS) is 3. The van der Waals surface area contributed by atoms with E-state index in [1.54, 1.807) is 24.3 Å². The first-order valence-corrected chi connectivity index (χ1v) is 12.5. The summed E-state index contributed by atoms with van der Waals surface area (Å²) in [6.45, 7) is 3.56. The van der Waals surface area contributed by atoms with E-state index in [9.17, 15) is 24.6 Å². The first-order chi connectivity index (χ1) is 18.2. The van der Waals surface area contributed by atoms with Crippen molar-refractivity contribution in [3.8, 4) is 5.75 Å². The minimum atomic E-state index is -1.31. The van der Waals surface area contributed by atoms with E-state index in [1.165, 1.54) is 6.92 Å². The zero-order chi connectivity index (χ0) is 28.2. The van der Waals surface area contributed by atoms with Gasteiger partial charge in [-0.2, -0.15) is 11.0 Å². The minimum absolute atomic E-state index is 0.221. The van der Waals surface area contributed by atoms with Crippen LogP contribution in [0.1, 0.15) is 57.4 Å². The Hall–Kier alpha value is -2.85. The summed E-state index contributed by atoms with van der Waals surface area (Å²) in [5, 5.41) is 36.6. The lowest BCUT2D eigenvalue weighted by molar-refractivity contribution is -0.156. The zero-order valence-electron chi connectivity index (χ0n) is 21.6. The van der Waals surface area contributed by atoms with Gasteiger partial charge in [-0.05, 0) is 62.6 Å². The van der Waals surface area contributed by atoms with Crippen molar-refractivity contribution in [2.45, 2.75) is 70.6 Å². The van der Waals surface area contributed by atoms with Crippen LogP contribution in [0.4, 0.5) is 0 Å². The molecule has 8 N–H and O–H groups in total. The first-order valence-electron chi connectivity index (χ1n) is 12.5.